The zero-order chi connectivity index (χ0) is 21.3. The van der Waals surface area contributed by atoms with E-state index in [9.17, 15) is 0 Å². The molecule has 30 heavy (non-hydrogen) atoms. The molecule has 0 saturated carbocycles. The molecule has 0 radical (unpaired) electrons. The van der Waals surface area contributed by atoms with Gasteiger partial charge in [-0.3, -0.25) is 9.89 Å². The number of benzene rings is 1. The Morgan fingerprint density at radius 1 is 1.20 bits per heavy atom. The van der Waals surface area contributed by atoms with Crippen LogP contribution in [0, 0.1) is 0 Å². The minimum atomic E-state index is 0.285. The molecule has 2 N–H and O–H groups in total. The van der Waals surface area contributed by atoms with Crippen LogP contribution in [0.25, 0.3) is 0 Å². The van der Waals surface area contributed by atoms with Gasteiger partial charge in [0.25, 0.3) is 0 Å². The molecule has 164 valence electrons. The molecule has 1 aromatic heterocycles. The third kappa shape index (κ3) is 6.79. The largest absolute Gasteiger partial charge is 0.373 e. The first kappa shape index (κ1) is 22.7. The van der Waals surface area contributed by atoms with Gasteiger partial charge < -0.3 is 15.4 Å². The van der Waals surface area contributed by atoms with E-state index in [1.54, 1.807) is 11.3 Å². The Balaban J connectivity index is 1.50. The maximum Gasteiger partial charge on any atom is 0.191 e. The summed E-state index contributed by atoms with van der Waals surface area (Å²) in [5.41, 5.74) is 2.66. The first-order chi connectivity index (χ1) is 14.6. The summed E-state index contributed by atoms with van der Waals surface area (Å²) in [5.74, 6) is 0.825. The highest BCUT2D eigenvalue weighted by Crippen LogP contribution is 2.17. The molecule has 6 nitrogen and oxygen atoms in total. The van der Waals surface area contributed by atoms with E-state index in [4.69, 9.17) is 4.74 Å². The minimum Gasteiger partial charge on any atom is -0.373 e. The van der Waals surface area contributed by atoms with Gasteiger partial charge in [-0.25, -0.2) is 4.98 Å². The lowest BCUT2D eigenvalue weighted by molar-refractivity contribution is -0.0705. The van der Waals surface area contributed by atoms with Crippen molar-refractivity contribution in [3.8, 4) is 0 Å². The summed E-state index contributed by atoms with van der Waals surface area (Å²) in [4.78, 5) is 12.7. The van der Waals surface area contributed by atoms with Gasteiger partial charge in [-0.2, -0.15) is 0 Å². The fourth-order valence-corrected chi connectivity index (χ4v) is 4.71. The van der Waals surface area contributed by atoms with Gasteiger partial charge in [0.2, 0.25) is 0 Å². The standard InChI is InChI=1S/C23H35N5OS/c1-5-21-13-26-22(30-21)10-11-25-23(24-4)27-12-19-8-6-7-9-20(19)16-28-14-17(2)29-18(3)15-28/h6-9,13,17-18H,5,10-12,14-16H2,1-4H3,(H2,24,25,27). The van der Waals surface area contributed by atoms with E-state index in [1.165, 1.54) is 21.0 Å². The number of nitrogens with zero attached hydrogens (tertiary/aromatic N) is 3. The van der Waals surface area contributed by atoms with Crippen LogP contribution in [-0.4, -0.2) is 54.7 Å². The van der Waals surface area contributed by atoms with Gasteiger partial charge in [0, 0.05) is 57.3 Å². The number of rotatable bonds is 8. The molecular formula is C23H35N5OS. The second kappa shape index (κ2) is 11.4. The number of aryl methyl sites for hydroxylation is 1. The molecular weight excluding hydrogens is 394 g/mol. The first-order valence-electron chi connectivity index (χ1n) is 10.9. The molecule has 1 aromatic carbocycles. The van der Waals surface area contributed by atoms with Crippen molar-refractivity contribution in [1.29, 1.82) is 0 Å². The minimum absolute atomic E-state index is 0.285. The predicted molar refractivity (Wildman–Crippen MR) is 125 cm³/mol. The van der Waals surface area contributed by atoms with Gasteiger partial charge in [-0.15, -0.1) is 11.3 Å². The van der Waals surface area contributed by atoms with E-state index in [1.807, 2.05) is 13.2 Å². The van der Waals surface area contributed by atoms with E-state index < -0.39 is 0 Å². The Labute approximate surface area is 184 Å². The molecule has 1 saturated heterocycles. The summed E-state index contributed by atoms with van der Waals surface area (Å²) in [5, 5.41) is 8.04. The van der Waals surface area contributed by atoms with Crippen LogP contribution in [-0.2, 0) is 30.7 Å². The summed E-state index contributed by atoms with van der Waals surface area (Å²) in [7, 11) is 1.82. The number of thiazole rings is 1. The monoisotopic (exact) mass is 429 g/mol. The molecule has 1 fully saturated rings. The Kier molecular flexibility index (Phi) is 8.66. The summed E-state index contributed by atoms with van der Waals surface area (Å²) in [6, 6.07) is 8.66. The maximum atomic E-state index is 5.87. The van der Waals surface area contributed by atoms with E-state index in [-0.39, 0.29) is 12.2 Å². The molecule has 7 heteroatoms. The molecule has 0 bridgehead atoms. The molecule has 2 unspecified atom stereocenters. The van der Waals surface area contributed by atoms with E-state index in [0.717, 1.165) is 51.5 Å². The van der Waals surface area contributed by atoms with Crippen LogP contribution >= 0.6 is 11.3 Å². The molecule has 2 heterocycles. The van der Waals surface area contributed by atoms with Crippen LogP contribution in [0.4, 0.5) is 0 Å². The number of guanidine groups is 1. The summed E-state index contributed by atoms with van der Waals surface area (Å²) >= 11 is 1.80. The van der Waals surface area contributed by atoms with Crippen LogP contribution in [0.1, 0.15) is 41.8 Å². The van der Waals surface area contributed by atoms with Crippen molar-refractivity contribution in [2.75, 3.05) is 26.7 Å². The predicted octanol–water partition coefficient (Wildman–Crippen LogP) is 3.22. The fourth-order valence-electron chi connectivity index (χ4n) is 3.85. The molecule has 2 aromatic rings. The zero-order valence-electron chi connectivity index (χ0n) is 18.6. The van der Waals surface area contributed by atoms with Crippen molar-refractivity contribution in [2.24, 2.45) is 4.99 Å². The van der Waals surface area contributed by atoms with Crippen molar-refractivity contribution in [3.05, 3.63) is 51.5 Å². The van der Waals surface area contributed by atoms with Crippen molar-refractivity contribution in [2.45, 2.75) is 58.9 Å². The van der Waals surface area contributed by atoms with E-state index in [2.05, 4.69) is 70.5 Å². The van der Waals surface area contributed by atoms with Crippen molar-refractivity contribution < 1.29 is 4.74 Å². The third-order valence-electron chi connectivity index (χ3n) is 5.26. The molecule has 3 rings (SSSR count). The van der Waals surface area contributed by atoms with Crippen LogP contribution in [0.15, 0.2) is 35.5 Å². The highest BCUT2D eigenvalue weighted by atomic mass is 32.1. The highest BCUT2D eigenvalue weighted by Gasteiger charge is 2.22. The lowest BCUT2D eigenvalue weighted by Crippen LogP contribution is -2.45. The van der Waals surface area contributed by atoms with Crippen LogP contribution < -0.4 is 10.6 Å². The molecule has 2 atom stereocenters. The van der Waals surface area contributed by atoms with Crippen LogP contribution in [0.2, 0.25) is 0 Å². The van der Waals surface area contributed by atoms with E-state index in [0.29, 0.717) is 0 Å². The maximum absolute atomic E-state index is 5.87. The smallest absolute Gasteiger partial charge is 0.191 e. The lowest BCUT2D eigenvalue weighted by Gasteiger charge is -2.35. The number of hydrogen-bond acceptors (Lipinski definition) is 5. The molecule has 0 aliphatic carbocycles. The van der Waals surface area contributed by atoms with Crippen molar-refractivity contribution in [1.82, 2.24) is 20.5 Å². The van der Waals surface area contributed by atoms with Gasteiger partial charge >= 0.3 is 0 Å². The second-order valence-corrected chi connectivity index (χ2v) is 9.10. The summed E-state index contributed by atoms with van der Waals surface area (Å²) in [6.45, 7) is 11.0. The normalized spacial score (nSPS) is 20.3. The summed E-state index contributed by atoms with van der Waals surface area (Å²) in [6.07, 6.45) is 4.52. The van der Waals surface area contributed by atoms with Crippen molar-refractivity contribution >= 4 is 17.3 Å². The van der Waals surface area contributed by atoms with E-state index >= 15 is 0 Å². The first-order valence-corrected chi connectivity index (χ1v) is 11.7. The van der Waals surface area contributed by atoms with Gasteiger partial charge in [-0.1, -0.05) is 31.2 Å². The molecule has 1 aliphatic rings. The zero-order valence-corrected chi connectivity index (χ0v) is 19.5. The number of aromatic nitrogens is 1. The van der Waals surface area contributed by atoms with Crippen LogP contribution in [0.3, 0.4) is 0 Å². The molecule has 0 spiro atoms. The topological polar surface area (TPSA) is 61.8 Å². The number of ether oxygens (including phenoxy) is 1. The third-order valence-corrected chi connectivity index (χ3v) is 6.46. The average Bonchev–Trinajstić information content (AvgIpc) is 3.19. The molecule has 0 amide bonds. The van der Waals surface area contributed by atoms with Gasteiger partial charge in [-0.05, 0) is 31.4 Å². The summed E-state index contributed by atoms with van der Waals surface area (Å²) < 4.78 is 5.87. The fraction of sp³-hybridized carbons (Fsp3) is 0.565. The Hall–Kier alpha value is -1.96. The lowest BCUT2D eigenvalue weighted by atomic mass is 10.1. The Morgan fingerprint density at radius 3 is 2.60 bits per heavy atom. The number of nitrogens with one attached hydrogen (secondary N) is 2. The number of morpholine rings is 1. The Morgan fingerprint density at radius 2 is 1.93 bits per heavy atom. The van der Waals surface area contributed by atoms with Gasteiger partial charge in [0.05, 0.1) is 17.2 Å². The average molecular weight is 430 g/mol. The van der Waals surface area contributed by atoms with Crippen LogP contribution in [0.5, 0.6) is 0 Å². The number of aliphatic imine (C=N–C) groups is 1. The van der Waals surface area contributed by atoms with Gasteiger partial charge in [0.1, 0.15) is 0 Å². The van der Waals surface area contributed by atoms with Crippen molar-refractivity contribution in [3.63, 3.8) is 0 Å². The quantitative estimate of drug-likeness (QED) is 0.498. The Bertz CT molecular complexity index is 811. The SMILES string of the molecule is CCc1cnc(CCNC(=NC)NCc2ccccc2CN2CC(C)OC(C)C2)s1. The van der Waals surface area contributed by atoms with Gasteiger partial charge in [0.15, 0.2) is 5.96 Å². The molecule has 1 aliphatic heterocycles. The number of hydrogen-bond donors (Lipinski definition) is 2. The second-order valence-electron chi connectivity index (χ2n) is 7.90. The highest BCUT2D eigenvalue weighted by molar-refractivity contribution is 7.11.